The van der Waals surface area contributed by atoms with Gasteiger partial charge in [0, 0.05) is 60.6 Å². The highest BCUT2D eigenvalue weighted by atomic mass is 32.2. The molecule has 0 spiro atoms. The highest BCUT2D eigenvalue weighted by Crippen LogP contribution is 2.53. The zero-order valence-corrected chi connectivity index (χ0v) is 25.4. The van der Waals surface area contributed by atoms with Gasteiger partial charge < -0.3 is 25.5 Å². The molecule has 3 fully saturated rings. The number of piperidine rings is 1. The van der Waals surface area contributed by atoms with Gasteiger partial charge in [0.05, 0.1) is 18.0 Å². The molecule has 4 aliphatic heterocycles. The standard InChI is InChI=1S/C28H36N10O5S/c1-15(10-18(39)13-37-14-32-34-35-37)21-22-16(2)24(23(27(42)43)38(22)26(21)41)44-19-11-20(31-12-19)25(40)36-8-4-17(5-9-36)33-28-29-6-3-7-30-28/h3,6-7,14-17,19-22,31H,4-5,8-13H2,1-2H3,(H,42,43)(H,29,30,33)/t15-,16+,19-,20?,21+,22+/m0/s1. The largest absolute Gasteiger partial charge is 0.477 e. The number of fused-ring (bicyclic) bond motifs is 1. The number of carboxylic acid groups (broad SMARTS) is 1. The summed E-state index contributed by atoms with van der Waals surface area (Å²) in [7, 11) is 0. The minimum absolute atomic E-state index is 0.00673. The van der Waals surface area contributed by atoms with Gasteiger partial charge in [-0.3, -0.25) is 14.4 Å². The second-order valence-corrected chi connectivity index (χ2v) is 13.4. The van der Waals surface area contributed by atoms with E-state index in [1.165, 1.54) is 27.7 Å². The van der Waals surface area contributed by atoms with Crippen molar-refractivity contribution in [1.82, 2.24) is 45.3 Å². The number of carboxylic acids is 1. The van der Waals surface area contributed by atoms with Crippen molar-refractivity contribution in [2.24, 2.45) is 17.8 Å². The minimum Gasteiger partial charge on any atom is -0.477 e. The lowest BCUT2D eigenvalue weighted by Gasteiger charge is -2.47. The molecular formula is C28H36N10O5S. The van der Waals surface area contributed by atoms with E-state index in [1.54, 1.807) is 18.5 Å². The molecule has 44 heavy (non-hydrogen) atoms. The summed E-state index contributed by atoms with van der Waals surface area (Å²) in [5, 5.41) is 27.6. The minimum atomic E-state index is -1.13. The number of nitrogens with one attached hydrogen (secondary N) is 2. The van der Waals surface area contributed by atoms with Crippen LogP contribution in [0.5, 0.6) is 0 Å². The molecule has 3 saturated heterocycles. The Morgan fingerprint density at radius 2 is 1.95 bits per heavy atom. The number of Topliss-reactive ketones (excluding diaryl/α,β-unsaturated/α-hetero) is 1. The van der Waals surface area contributed by atoms with E-state index in [2.05, 4.69) is 36.1 Å². The van der Waals surface area contributed by atoms with Gasteiger partial charge in [-0.15, -0.1) is 16.9 Å². The van der Waals surface area contributed by atoms with Crippen LogP contribution in [0.3, 0.4) is 0 Å². The monoisotopic (exact) mass is 624 g/mol. The Hall–Kier alpha value is -3.92. The van der Waals surface area contributed by atoms with E-state index in [9.17, 15) is 24.3 Å². The molecule has 0 saturated carbocycles. The lowest BCUT2D eigenvalue weighted by atomic mass is 9.73. The predicted molar refractivity (Wildman–Crippen MR) is 158 cm³/mol. The van der Waals surface area contributed by atoms with Crippen molar-refractivity contribution in [3.63, 3.8) is 0 Å². The molecule has 6 heterocycles. The van der Waals surface area contributed by atoms with Crippen LogP contribution in [0.15, 0.2) is 35.4 Å². The van der Waals surface area contributed by atoms with Gasteiger partial charge in [-0.05, 0) is 41.7 Å². The van der Waals surface area contributed by atoms with Crippen LogP contribution in [0.2, 0.25) is 0 Å². The van der Waals surface area contributed by atoms with Crippen molar-refractivity contribution in [1.29, 1.82) is 0 Å². The number of nitrogens with zero attached hydrogens (tertiary/aromatic N) is 8. The predicted octanol–water partition coefficient (Wildman–Crippen LogP) is 0.398. The van der Waals surface area contributed by atoms with E-state index >= 15 is 0 Å². The van der Waals surface area contributed by atoms with Gasteiger partial charge in [-0.2, -0.15) is 0 Å². The van der Waals surface area contributed by atoms with Crippen LogP contribution in [0.25, 0.3) is 0 Å². The molecule has 234 valence electrons. The van der Waals surface area contributed by atoms with Crippen molar-refractivity contribution in [2.75, 3.05) is 25.0 Å². The summed E-state index contributed by atoms with van der Waals surface area (Å²) >= 11 is 1.46. The van der Waals surface area contributed by atoms with Crippen LogP contribution in [0, 0.1) is 17.8 Å². The molecule has 6 rings (SSSR count). The molecule has 0 radical (unpaired) electrons. The Morgan fingerprint density at radius 3 is 2.64 bits per heavy atom. The Labute approximate surface area is 258 Å². The maximum Gasteiger partial charge on any atom is 0.353 e. The highest BCUT2D eigenvalue weighted by Gasteiger charge is 2.60. The molecule has 15 nitrogen and oxygen atoms in total. The molecular weight excluding hydrogens is 588 g/mol. The average Bonchev–Trinajstić information content (AvgIpc) is 3.74. The zero-order valence-electron chi connectivity index (χ0n) is 24.6. The van der Waals surface area contributed by atoms with Crippen LogP contribution in [0.1, 0.15) is 39.5 Å². The number of likely N-dealkylation sites (tertiary alicyclic amines) is 1. The van der Waals surface area contributed by atoms with Crippen molar-refractivity contribution in [3.05, 3.63) is 35.4 Å². The maximum absolute atomic E-state index is 13.4. The van der Waals surface area contributed by atoms with Gasteiger partial charge in [0.25, 0.3) is 0 Å². The van der Waals surface area contributed by atoms with Crippen molar-refractivity contribution in [3.8, 4) is 0 Å². The summed E-state index contributed by atoms with van der Waals surface area (Å²) in [6, 6.07) is 1.33. The smallest absolute Gasteiger partial charge is 0.353 e. The molecule has 4 aliphatic rings. The molecule has 0 aromatic carbocycles. The van der Waals surface area contributed by atoms with Gasteiger partial charge in [0.1, 0.15) is 18.6 Å². The number of aliphatic carboxylic acids is 1. The molecule has 2 aromatic heterocycles. The normalized spacial score (nSPS) is 27.7. The number of anilines is 1. The summed E-state index contributed by atoms with van der Waals surface area (Å²) in [6.45, 7) is 5.68. The third kappa shape index (κ3) is 5.92. The molecule has 3 N–H and O–H groups in total. The molecule has 0 aliphatic carbocycles. The number of hydrogen-bond acceptors (Lipinski definition) is 12. The molecule has 16 heteroatoms. The van der Waals surface area contributed by atoms with Gasteiger partial charge >= 0.3 is 5.97 Å². The van der Waals surface area contributed by atoms with E-state index in [-0.39, 0.29) is 71.5 Å². The fourth-order valence-electron chi connectivity index (χ4n) is 6.93. The second kappa shape index (κ2) is 12.6. The summed E-state index contributed by atoms with van der Waals surface area (Å²) in [6.07, 6.45) is 7.10. The topological polar surface area (TPSA) is 188 Å². The van der Waals surface area contributed by atoms with Crippen LogP contribution in [0.4, 0.5) is 5.95 Å². The number of carbonyl (C=O) groups is 4. The Morgan fingerprint density at radius 1 is 1.20 bits per heavy atom. The van der Waals surface area contributed by atoms with Gasteiger partial charge in [-0.1, -0.05) is 13.8 Å². The van der Waals surface area contributed by atoms with Crippen molar-refractivity contribution >= 4 is 41.3 Å². The number of ketones is 1. The Kier molecular flexibility index (Phi) is 8.62. The van der Waals surface area contributed by atoms with Gasteiger partial charge in [0.15, 0.2) is 5.78 Å². The van der Waals surface area contributed by atoms with Crippen molar-refractivity contribution in [2.45, 2.75) is 69.5 Å². The Bertz CT molecular complexity index is 1430. The third-order valence-corrected chi connectivity index (χ3v) is 10.6. The first-order valence-corrected chi connectivity index (χ1v) is 15.8. The number of β-lactam (4-membered cyclic amide) rings is 1. The molecule has 2 amide bonds. The lowest BCUT2D eigenvalue weighted by molar-refractivity contribution is -0.160. The second-order valence-electron chi connectivity index (χ2n) is 12.0. The van der Waals surface area contributed by atoms with E-state index in [0.29, 0.717) is 36.9 Å². The van der Waals surface area contributed by atoms with Gasteiger partial charge in [0.2, 0.25) is 17.8 Å². The fraction of sp³-hybridized carbons (Fsp3) is 0.607. The van der Waals surface area contributed by atoms with E-state index in [1.807, 2.05) is 18.7 Å². The fourth-order valence-corrected chi connectivity index (χ4v) is 8.41. The first-order chi connectivity index (χ1) is 21.2. The number of tetrazole rings is 1. The number of rotatable bonds is 11. The molecule has 2 aromatic rings. The first kappa shape index (κ1) is 30.1. The number of hydrogen-bond donors (Lipinski definition) is 3. The van der Waals surface area contributed by atoms with Gasteiger partial charge in [-0.25, -0.2) is 19.4 Å². The van der Waals surface area contributed by atoms with E-state index in [4.69, 9.17) is 0 Å². The Balaban J connectivity index is 1.03. The van der Waals surface area contributed by atoms with Crippen molar-refractivity contribution < 1.29 is 24.3 Å². The quantitative estimate of drug-likeness (QED) is 0.292. The maximum atomic E-state index is 13.4. The molecule has 1 unspecified atom stereocenters. The summed E-state index contributed by atoms with van der Waals surface area (Å²) < 4.78 is 1.34. The molecule has 6 atom stereocenters. The summed E-state index contributed by atoms with van der Waals surface area (Å²) in [5.41, 5.74) is 0.0349. The third-order valence-electron chi connectivity index (χ3n) is 9.07. The van der Waals surface area contributed by atoms with E-state index in [0.717, 1.165) is 12.8 Å². The lowest BCUT2D eigenvalue weighted by Crippen LogP contribution is -2.62. The van der Waals surface area contributed by atoms with Crippen LogP contribution in [-0.2, 0) is 25.7 Å². The summed E-state index contributed by atoms with van der Waals surface area (Å²) in [5.74, 6) is -1.73. The van der Waals surface area contributed by atoms with E-state index < -0.39 is 11.9 Å². The van der Waals surface area contributed by atoms with Crippen LogP contribution < -0.4 is 10.6 Å². The SMILES string of the molecule is C[C@@H](CC(=O)Cn1cnnn1)[C@H]1C(=O)N2C(C(=O)O)=C(S[C@@H]3CNC(C(=O)N4CCC(Nc5ncccn5)CC4)C3)[C@H](C)[C@H]12. The number of carbonyl (C=O) groups excluding carboxylic acids is 3. The van der Waals surface area contributed by atoms with Crippen LogP contribution in [-0.4, -0.2) is 112 Å². The number of thioether (sulfide) groups is 1. The average molecular weight is 625 g/mol. The first-order valence-electron chi connectivity index (χ1n) is 15.0. The summed E-state index contributed by atoms with van der Waals surface area (Å²) in [4.78, 5) is 64.0. The highest BCUT2D eigenvalue weighted by molar-refractivity contribution is 8.03. The molecule has 0 bridgehead atoms. The zero-order chi connectivity index (χ0) is 31.0. The number of aromatic nitrogens is 6. The number of amides is 2. The van der Waals surface area contributed by atoms with Crippen LogP contribution >= 0.6 is 11.8 Å².